The molecule has 3 fully saturated rings. The Morgan fingerprint density at radius 2 is 1.81 bits per heavy atom. The van der Waals surface area contributed by atoms with Gasteiger partial charge in [-0.3, -0.25) is 9.80 Å². The average molecular weight is 296 g/mol. The van der Waals surface area contributed by atoms with Crippen LogP contribution in [0.1, 0.15) is 54.4 Å². The lowest BCUT2D eigenvalue weighted by Gasteiger charge is -2.51. The van der Waals surface area contributed by atoms with Crippen molar-refractivity contribution in [3.8, 4) is 0 Å². The summed E-state index contributed by atoms with van der Waals surface area (Å²) in [4.78, 5) is 5.49. The molecule has 3 atom stereocenters. The van der Waals surface area contributed by atoms with Gasteiger partial charge in [-0.2, -0.15) is 0 Å². The fourth-order valence-electron chi connectivity index (χ4n) is 4.47. The van der Waals surface area contributed by atoms with Gasteiger partial charge in [0.2, 0.25) is 0 Å². The summed E-state index contributed by atoms with van der Waals surface area (Å²) in [6.07, 6.45) is 2.58. The van der Waals surface area contributed by atoms with E-state index in [1.54, 1.807) is 0 Å². The molecule has 0 aromatic heterocycles. The van der Waals surface area contributed by atoms with Crippen LogP contribution in [0.3, 0.4) is 0 Å². The summed E-state index contributed by atoms with van der Waals surface area (Å²) in [5, 5.41) is 0. The molecule has 0 aromatic rings. The molecule has 3 rings (SSSR count). The number of fused-ring (bicyclic) bond motifs is 4. The third-order valence-electron chi connectivity index (χ3n) is 5.74. The van der Waals surface area contributed by atoms with E-state index in [4.69, 9.17) is 4.74 Å². The van der Waals surface area contributed by atoms with E-state index >= 15 is 0 Å². The van der Waals surface area contributed by atoms with Gasteiger partial charge in [0.05, 0.1) is 0 Å². The lowest BCUT2D eigenvalue weighted by molar-refractivity contribution is -0.0273. The largest absolute Gasteiger partial charge is 0.382 e. The third-order valence-corrected chi connectivity index (χ3v) is 5.74. The van der Waals surface area contributed by atoms with Crippen LogP contribution in [0.15, 0.2) is 0 Å². The lowest BCUT2D eigenvalue weighted by Crippen LogP contribution is -2.57. The molecule has 3 nitrogen and oxygen atoms in total. The molecule has 3 unspecified atom stereocenters. The standard InChI is InChI=1S/C18H36N2O/c1-7-21-9-8-18(6)10-16-11-19(14(2)3)13-17(18)20(12-16)15(4)5/h14-17H,7-13H2,1-6H3. The van der Waals surface area contributed by atoms with Gasteiger partial charge >= 0.3 is 0 Å². The molecule has 3 aliphatic heterocycles. The molecule has 0 amide bonds. The molecule has 0 aromatic carbocycles. The second kappa shape index (κ2) is 6.97. The maximum atomic E-state index is 5.69. The smallest absolute Gasteiger partial charge is 0.0471 e. The minimum absolute atomic E-state index is 0.409. The zero-order valence-corrected chi connectivity index (χ0v) is 15.1. The molecular formula is C18H36N2O. The fourth-order valence-corrected chi connectivity index (χ4v) is 4.47. The van der Waals surface area contributed by atoms with E-state index in [2.05, 4.69) is 51.3 Å². The van der Waals surface area contributed by atoms with Gasteiger partial charge in [0.1, 0.15) is 0 Å². The van der Waals surface area contributed by atoms with Crippen LogP contribution in [-0.2, 0) is 4.74 Å². The Morgan fingerprint density at radius 3 is 2.38 bits per heavy atom. The van der Waals surface area contributed by atoms with Crippen molar-refractivity contribution in [1.82, 2.24) is 9.80 Å². The van der Waals surface area contributed by atoms with Crippen LogP contribution in [0.2, 0.25) is 0 Å². The molecule has 3 heteroatoms. The highest BCUT2D eigenvalue weighted by Crippen LogP contribution is 2.45. The van der Waals surface area contributed by atoms with Gasteiger partial charge in [-0.15, -0.1) is 0 Å². The van der Waals surface area contributed by atoms with E-state index in [9.17, 15) is 0 Å². The van der Waals surface area contributed by atoms with Crippen LogP contribution in [0.25, 0.3) is 0 Å². The van der Waals surface area contributed by atoms with Crippen LogP contribution < -0.4 is 0 Å². The topological polar surface area (TPSA) is 15.7 Å². The molecular weight excluding hydrogens is 260 g/mol. The first-order valence-electron chi connectivity index (χ1n) is 8.95. The summed E-state index contributed by atoms with van der Waals surface area (Å²) < 4.78 is 5.69. The molecule has 3 heterocycles. The van der Waals surface area contributed by atoms with E-state index in [0.717, 1.165) is 19.1 Å². The Bertz CT molecular complexity index is 329. The van der Waals surface area contributed by atoms with E-state index in [1.165, 1.54) is 32.5 Å². The molecule has 0 N–H and O–H groups in total. The molecule has 21 heavy (non-hydrogen) atoms. The molecule has 3 saturated heterocycles. The maximum Gasteiger partial charge on any atom is 0.0471 e. The average Bonchev–Trinajstić information content (AvgIpc) is 2.67. The molecule has 0 radical (unpaired) electrons. The lowest BCUT2D eigenvalue weighted by atomic mass is 9.69. The number of rotatable bonds is 6. The SMILES string of the molecule is CCOCCC1(C)CC2CN(C(C)C)CC1N(C(C)C)C2. The van der Waals surface area contributed by atoms with E-state index in [1.807, 2.05) is 0 Å². The quantitative estimate of drug-likeness (QED) is 0.700. The first kappa shape index (κ1) is 17.2. The van der Waals surface area contributed by atoms with E-state index in [0.29, 0.717) is 23.5 Å². The third kappa shape index (κ3) is 3.80. The van der Waals surface area contributed by atoms with Crippen molar-refractivity contribution in [3.05, 3.63) is 0 Å². The fraction of sp³-hybridized carbons (Fsp3) is 1.00. The number of nitrogens with zero attached hydrogens (tertiary/aromatic N) is 2. The molecule has 124 valence electrons. The van der Waals surface area contributed by atoms with Gasteiger partial charge in [-0.05, 0) is 58.8 Å². The Kier molecular flexibility index (Phi) is 5.72. The Hall–Kier alpha value is -0.120. The van der Waals surface area contributed by atoms with Crippen LogP contribution in [-0.4, -0.2) is 60.8 Å². The summed E-state index contributed by atoms with van der Waals surface area (Å²) in [6, 6.07) is 1.99. The zero-order valence-electron chi connectivity index (χ0n) is 15.1. The maximum absolute atomic E-state index is 5.69. The van der Waals surface area contributed by atoms with Crippen LogP contribution in [0, 0.1) is 11.3 Å². The Morgan fingerprint density at radius 1 is 1.10 bits per heavy atom. The number of piperidine rings is 1. The number of hydrogen-bond donors (Lipinski definition) is 0. The summed E-state index contributed by atoms with van der Waals surface area (Å²) in [6.45, 7) is 19.6. The van der Waals surface area contributed by atoms with Gasteiger partial charge in [0, 0.05) is 51.0 Å². The predicted molar refractivity (Wildman–Crippen MR) is 89.7 cm³/mol. The van der Waals surface area contributed by atoms with E-state index < -0.39 is 0 Å². The summed E-state index contributed by atoms with van der Waals surface area (Å²) in [5.41, 5.74) is 0.409. The van der Waals surface area contributed by atoms with Crippen LogP contribution in [0.5, 0.6) is 0 Å². The number of hydrogen-bond acceptors (Lipinski definition) is 3. The predicted octanol–water partition coefficient (Wildman–Crippen LogP) is 3.24. The van der Waals surface area contributed by atoms with Crippen molar-refractivity contribution in [2.75, 3.05) is 32.8 Å². The van der Waals surface area contributed by atoms with Crippen molar-refractivity contribution in [3.63, 3.8) is 0 Å². The Labute approximate surface area is 132 Å². The number of ether oxygens (including phenoxy) is 1. The van der Waals surface area contributed by atoms with Crippen molar-refractivity contribution in [2.24, 2.45) is 11.3 Å². The van der Waals surface area contributed by atoms with Gasteiger partial charge < -0.3 is 4.74 Å². The van der Waals surface area contributed by atoms with E-state index in [-0.39, 0.29) is 0 Å². The van der Waals surface area contributed by atoms with Crippen LogP contribution in [0.4, 0.5) is 0 Å². The van der Waals surface area contributed by atoms with Crippen molar-refractivity contribution < 1.29 is 4.74 Å². The first-order valence-corrected chi connectivity index (χ1v) is 8.95. The molecule has 0 spiro atoms. The van der Waals surface area contributed by atoms with Gasteiger partial charge in [-0.1, -0.05) is 6.92 Å². The Balaban J connectivity index is 2.19. The highest BCUT2D eigenvalue weighted by atomic mass is 16.5. The van der Waals surface area contributed by atoms with Gasteiger partial charge in [-0.25, -0.2) is 0 Å². The monoisotopic (exact) mass is 296 g/mol. The first-order chi connectivity index (χ1) is 9.87. The summed E-state index contributed by atoms with van der Waals surface area (Å²) >= 11 is 0. The highest BCUT2D eigenvalue weighted by Gasteiger charge is 2.48. The molecule has 3 aliphatic rings. The second-order valence-corrected chi connectivity index (χ2v) is 8.03. The highest BCUT2D eigenvalue weighted by molar-refractivity contribution is 5.02. The molecule has 2 bridgehead atoms. The summed E-state index contributed by atoms with van der Waals surface area (Å²) in [7, 11) is 0. The summed E-state index contributed by atoms with van der Waals surface area (Å²) in [5.74, 6) is 0.820. The zero-order chi connectivity index (χ0) is 15.6. The van der Waals surface area contributed by atoms with Crippen LogP contribution >= 0.6 is 0 Å². The normalized spacial score (nSPS) is 34.9. The van der Waals surface area contributed by atoms with Crippen molar-refractivity contribution >= 4 is 0 Å². The van der Waals surface area contributed by atoms with Crippen molar-refractivity contribution in [2.45, 2.75) is 72.5 Å². The van der Waals surface area contributed by atoms with Gasteiger partial charge in [0.15, 0.2) is 0 Å². The molecule has 0 aliphatic carbocycles. The minimum Gasteiger partial charge on any atom is -0.382 e. The minimum atomic E-state index is 0.409. The molecule has 0 saturated carbocycles. The second-order valence-electron chi connectivity index (χ2n) is 8.03. The van der Waals surface area contributed by atoms with Gasteiger partial charge in [0.25, 0.3) is 0 Å². The van der Waals surface area contributed by atoms with Crippen molar-refractivity contribution in [1.29, 1.82) is 0 Å².